The molecule has 5 rings (SSSR count). The van der Waals surface area contributed by atoms with E-state index in [0.717, 1.165) is 67.4 Å². The van der Waals surface area contributed by atoms with E-state index in [1.54, 1.807) is 0 Å². The van der Waals surface area contributed by atoms with E-state index in [1.165, 1.54) is 0 Å². The average Bonchev–Trinajstić information content (AvgIpc) is 3.42. The number of carbonyl (C=O) groups is 1. The lowest BCUT2D eigenvalue weighted by molar-refractivity contribution is 0.0316. The number of aromatic nitrogens is 2. The van der Waals surface area contributed by atoms with E-state index in [9.17, 15) is 4.79 Å². The summed E-state index contributed by atoms with van der Waals surface area (Å²) in [4.78, 5) is 17.8. The highest BCUT2D eigenvalue weighted by Gasteiger charge is 2.42. The van der Waals surface area contributed by atoms with E-state index in [4.69, 9.17) is 21.1 Å². The van der Waals surface area contributed by atoms with Crippen LogP contribution in [0.2, 0.25) is 5.02 Å². The molecule has 1 N–H and O–H groups in total. The first-order valence-electron chi connectivity index (χ1n) is 11.8. The lowest BCUT2D eigenvalue weighted by atomic mass is 9.96. The van der Waals surface area contributed by atoms with Gasteiger partial charge in [-0.3, -0.25) is 14.8 Å². The number of nitrogens with one attached hydrogen (secondary N) is 1. The highest BCUT2D eigenvalue weighted by molar-refractivity contribution is 6.30. The molecule has 1 atom stereocenters. The van der Waals surface area contributed by atoms with Crippen molar-refractivity contribution >= 4 is 17.5 Å². The Hall–Kier alpha value is -2.87. The van der Waals surface area contributed by atoms with Crippen LogP contribution in [0.4, 0.5) is 0 Å². The Morgan fingerprint density at radius 2 is 1.82 bits per heavy atom. The van der Waals surface area contributed by atoms with Gasteiger partial charge in [0.25, 0.3) is 5.91 Å². The number of H-pyrrole nitrogens is 1. The van der Waals surface area contributed by atoms with Crippen LogP contribution in [0.25, 0.3) is 11.3 Å². The molecule has 34 heavy (non-hydrogen) atoms. The van der Waals surface area contributed by atoms with Gasteiger partial charge in [-0.2, -0.15) is 5.10 Å². The summed E-state index contributed by atoms with van der Waals surface area (Å²) in [6.07, 6.45) is 0.955. The quantitative estimate of drug-likeness (QED) is 0.517. The van der Waals surface area contributed by atoms with Crippen LogP contribution in [-0.4, -0.2) is 71.9 Å². The molecular weight excluding hydrogens is 452 g/mol. The molecule has 2 aliphatic rings. The van der Waals surface area contributed by atoms with Crippen molar-refractivity contribution in [3.63, 3.8) is 0 Å². The van der Waals surface area contributed by atoms with Gasteiger partial charge in [0, 0.05) is 42.3 Å². The third kappa shape index (κ3) is 4.56. The molecule has 0 bridgehead atoms. The fourth-order valence-electron chi connectivity index (χ4n) is 4.64. The number of aromatic amines is 1. The number of carbonyl (C=O) groups excluding carboxylic acids is 1. The topological polar surface area (TPSA) is 70.7 Å². The Kier molecular flexibility index (Phi) is 6.85. The van der Waals surface area contributed by atoms with Crippen LogP contribution in [0, 0.1) is 0 Å². The molecule has 2 aromatic carbocycles. The second-order valence-electron chi connectivity index (χ2n) is 8.64. The van der Waals surface area contributed by atoms with Crippen LogP contribution in [0.1, 0.15) is 41.0 Å². The third-order valence-corrected chi connectivity index (χ3v) is 6.66. The number of hydrogen-bond donors (Lipinski definition) is 1. The van der Waals surface area contributed by atoms with Gasteiger partial charge >= 0.3 is 0 Å². The van der Waals surface area contributed by atoms with Crippen molar-refractivity contribution in [2.75, 3.05) is 46.0 Å². The molecule has 1 saturated heterocycles. The molecule has 0 spiro atoms. The lowest BCUT2D eigenvalue weighted by Crippen LogP contribution is -2.42. The maximum Gasteiger partial charge on any atom is 0.273 e. The Morgan fingerprint density at radius 1 is 1.09 bits per heavy atom. The molecule has 0 radical (unpaired) electrons. The summed E-state index contributed by atoms with van der Waals surface area (Å²) >= 11 is 6.11. The molecule has 0 saturated carbocycles. The van der Waals surface area contributed by atoms with Crippen LogP contribution in [0.15, 0.2) is 48.5 Å². The van der Waals surface area contributed by atoms with Crippen molar-refractivity contribution in [1.82, 2.24) is 20.0 Å². The lowest BCUT2D eigenvalue weighted by Gasteiger charge is -2.31. The monoisotopic (exact) mass is 480 g/mol. The van der Waals surface area contributed by atoms with Gasteiger partial charge in [-0.15, -0.1) is 0 Å². The molecule has 7 nitrogen and oxygen atoms in total. The van der Waals surface area contributed by atoms with E-state index in [0.29, 0.717) is 23.9 Å². The summed E-state index contributed by atoms with van der Waals surface area (Å²) in [6.45, 7) is 7.44. The summed E-state index contributed by atoms with van der Waals surface area (Å²) in [5, 5.41) is 8.23. The second kappa shape index (κ2) is 10.2. The molecule has 1 aromatic heterocycles. The molecule has 0 aliphatic carbocycles. The van der Waals surface area contributed by atoms with Gasteiger partial charge in [-0.05, 0) is 36.2 Å². The predicted octanol–water partition coefficient (Wildman–Crippen LogP) is 4.40. The molecule has 1 amide bonds. The average molecular weight is 481 g/mol. The SMILES string of the molecule is CCCOc1ccc(C2c3c(-c4ccc(Cl)cc4)n[nH]c3C(=O)N2CCN2CCOCC2)cc1. The summed E-state index contributed by atoms with van der Waals surface area (Å²) in [6, 6.07) is 15.4. The number of amides is 1. The van der Waals surface area contributed by atoms with Crippen LogP contribution in [-0.2, 0) is 4.74 Å². The van der Waals surface area contributed by atoms with Crippen molar-refractivity contribution in [1.29, 1.82) is 0 Å². The smallest absolute Gasteiger partial charge is 0.273 e. The highest BCUT2D eigenvalue weighted by Crippen LogP contribution is 2.43. The van der Waals surface area contributed by atoms with E-state index in [-0.39, 0.29) is 11.9 Å². The van der Waals surface area contributed by atoms with Crippen molar-refractivity contribution in [2.45, 2.75) is 19.4 Å². The van der Waals surface area contributed by atoms with Crippen molar-refractivity contribution in [3.8, 4) is 17.0 Å². The summed E-state index contributed by atoms with van der Waals surface area (Å²) in [5.74, 6) is 0.812. The van der Waals surface area contributed by atoms with E-state index >= 15 is 0 Å². The molecule has 3 heterocycles. The van der Waals surface area contributed by atoms with Crippen molar-refractivity contribution in [3.05, 3.63) is 70.4 Å². The summed E-state index contributed by atoms with van der Waals surface area (Å²) < 4.78 is 11.3. The Morgan fingerprint density at radius 3 is 2.53 bits per heavy atom. The van der Waals surface area contributed by atoms with Gasteiger partial charge in [-0.25, -0.2) is 0 Å². The predicted molar refractivity (Wildman–Crippen MR) is 131 cm³/mol. The number of benzene rings is 2. The maximum atomic E-state index is 13.5. The number of halogens is 1. The normalized spacial score (nSPS) is 18.4. The zero-order valence-electron chi connectivity index (χ0n) is 19.3. The largest absolute Gasteiger partial charge is 0.494 e. The van der Waals surface area contributed by atoms with E-state index < -0.39 is 0 Å². The van der Waals surface area contributed by atoms with Gasteiger partial charge < -0.3 is 14.4 Å². The van der Waals surface area contributed by atoms with Gasteiger partial charge in [0.1, 0.15) is 11.4 Å². The fraction of sp³-hybridized carbons (Fsp3) is 0.385. The van der Waals surface area contributed by atoms with Gasteiger partial charge in [0.05, 0.1) is 31.6 Å². The fourth-order valence-corrected chi connectivity index (χ4v) is 4.77. The first-order valence-corrected chi connectivity index (χ1v) is 12.2. The highest BCUT2D eigenvalue weighted by atomic mass is 35.5. The zero-order valence-corrected chi connectivity index (χ0v) is 20.1. The minimum atomic E-state index is -0.229. The van der Waals surface area contributed by atoms with Gasteiger partial charge in [-0.1, -0.05) is 42.8 Å². The molecule has 2 aliphatic heterocycles. The number of rotatable bonds is 8. The number of hydrogen-bond acceptors (Lipinski definition) is 5. The van der Waals surface area contributed by atoms with Crippen LogP contribution < -0.4 is 4.74 Å². The molecule has 178 valence electrons. The Labute approximate surface area is 204 Å². The molecule has 8 heteroatoms. The van der Waals surface area contributed by atoms with Gasteiger partial charge in [0.15, 0.2) is 0 Å². The van der Waals surface area contributed by atoms with Crippen molar-refractivity contribution < 1.29 is 14.3 Å². The van der Waals surface area contributed by atoms with Crippen LogP contribution in [0.3, 0.4) is 0 Å². The minimum Gasteiger partial charge on any atom is -0.494 e. The molecule has 3 aromatic rings. The second-order valence-corrected chi connectivity index (χ2v) is 9.08. The van der Waals surface area contributed by atoms with E-state index in [1.807, 2.05) is 41.3 Å². The molecule has 1 fully saturated rings. The number of fused-ring (bicyclic) bond motifs is 1. The summed E-state index contributed by atoms with van der Waals surface area (Å²) in [5.41, 5.74) is 4.22. The number of morpholine rings is 1. The number of nitrogens with zero attached hydrogens (tertiary/aromatic N) is 3. The first-order chi connectivity index (χ1) is 16.7. The maximum absolute atomic E-state index is 13.5. The van der Waals surface area contributed by atoms with Crippen LogP contribution in [0.5, 0.6) is 5.75 Å². The van der Waals surface area contributed by atoms with Crippen LogP contribution >= 0.6 is 11.6 Å². The van der Waals surface area contributed by atoms with Crippen molar-refractivity contribution in [2.24, 2.45) is 0 Å². The minimum absolute atomic E-state index is 0.0210. The molecular formula is C26H29ClN4O3. The third-order valence-electron chi connectivity index (χ3n) is 6.41. The standard InChI is InChI=1S/C26H29ClN4O3/c1-2-15-34-21-9-5-19(6-10-21)25-22-23(18-3-7-20(27)8-4-18)28-29-24(22)26(32)31(25)12-11-30-13-16-33-17-14-30/h3-10,25H,2,11-17H2,1H3,(H,28,29). The van der Waals surface area contributed by atoms with E-state index in [2.05, 4.69) is 34.2 Å². The zero-order chi connectivity index (χ0) is 23.5. The Balaban J connectivity index is 1.49. The summed E-state index contributed by atoms with van der Waals surface area (Å²) in [7, 11) is 0. The number of ether oxygens (including phenoxy) is 2. The first kappa shape index (κ1) is 22.9. The molecule has 1 unspecified atom stereocenters. The Bertz CT molecular complexity index is 1120. The van der Waals surface area contributed by atoms with Gasteiger partial charge in [0.2, 0.25) is 0 Å².